The van der Waals surface area contributed by atoms with Gasteiger partial charge in [0.25, 0.3) is 0 Å². The van der Waals surface area contributed by atoms with Gasteiger partial charge in [-0.1, -0.05) is 0 Å². The van der Waals surface area contributed by atoms with Crippen LogP contribution in [0.1, 0.15) is 19.3 Å². The van der Waals surface area contributed by atoms with Crippen LogP contribution < -0.4 is 4.90 Å². The third-order valence-electron chi connectivity index (χ3n) is 4.27. The van der Waals surface area contributed by atoms with E-state index >= 15 is 0 Å². The number of anilines is 1. The second-order valence-electron chi connectivity index (χ2n) is 5.49. The molecule has 0 N–H and O–H groups in total. The van der Waals surface area contributed by atoms with E-state index in [-0.39, 0.29) is 0 Å². The van der Waals surface area contributed by atoms with E-state index in [0.29, 0.717) is 18.4 Å². The molecule has 0 spiro atoms. The van der Waals surface area contributed by atoms with Gasteiger partial charge in [0.15, 0.2) is 0 Å². The third-order valence-corrected chi connectivity index (χ3v) is 4.27. The lowest BCUT2D eigenvalue weighted by Gasteiger charge is -2.46. The zero-order valence-electron chi connectivity index (χ0n) is 11.1. The van der Waals surface area contributed by atoms with Gasteiger partial charge in [-0.2, -0.15) is 0 Å². The molecule has 2 fully saturated rings. The molecule has 2 aliphatic heterocycles. The minimum absolute atomic E-state index is 0.563. The molecule has 19 heavy (non-hydrogen) atoms. The normalized spacial score (nSPS) is 27.9. The summed E-state index contributed by atoms with van der Waals surface area (Å²) in [7, 11) is 0. The van der Waals surface area contributed by atoms with Gasteiger partial charge in [0.1, 0.15) is 6.29 Å². The first-order valence-corrected chi connectivity index (χ1v) is 7.06. The molecule has 0 aromatic carbocycles. The van der Waals surface area contributed by atoms with Crippen molar-refractivity contribution in [2.24, 2.45) is 5.92 Å². The highest BCUT2D eigenvalue weighted by atomic mass is 16.1. The number of rotatable bonds is 3. The Hall–Kier alpha value is -1.49. The van der Waals surface area contributed by atoms with Crippen molar-refractivity contribution in [3.8, 4) is 0 Å². The maximum atomic E-state index is 10.6. The molecule has 2 saturated heterocycles. The molecule has 3 heterocycles. The molecule has 5 heteroatoms. The topological polar surface area (TPSA) is 49.3 Å². The van der Waals surface area contributed by atoms with Gasteiger partial charge in [0.2, 0.25) is 5.95 Å². The Morgan fingerprint density at radius 2 is 2.05 bits per heavy atom. The molecular formula is C14H20N4O. The first-order chi connectivity index (χ1) is 9.36. The van der Waals surface area contributed by atoms with Crippen molar-refractivity contribution in [1.29, 1.82) is 0 Å². The van der Waals surface area contributed by atoms with Crippen LogP contribution in [0, 0.1) is 5.92 Å². The Labute approximate surface area is 113 Å². The summed E-state index contributed by atoms with van der Waals surface area (Å²) in [6.07, 6.45) is 7.74. The van der Waals surface area contributed by atoms with Crippen molar-refractivity contribution in [2.45, 2.75) is 25.3 Å². The Morgan fingerprint density at radius 1 is 1.21 bits per heavy atom. The maximum Gasteiger partial charge on any atom is 0.225 e. The van der Waals surface area contributed by atoms with Gasteiger partial charge in [-0.3, -0.25) is 4.90 Å². The van der Waals surface area contributed by atoms with Crippen LogP contribution in [0.15, 0.2) is 18.5 Å². The first-order valence-electron chi connectivity index (χ1n) is 7.06. The highest BCUT2D eigenvalue weighted by Crippen LogP contribution is 2.27. The van der Waals surface area contributed by atoms with Crippen LogP contribution in [0.25, 0.3) is 0 Å². The fourth-order valence-corrected chi connectivity index (χ4v) is 3.22. The molecule has 0 radical (unpaired) electrons. The number of hydrogen-bond acceptors (Lipinski definition) is 5. The number of hydrogen-bond donors (Lipinski definition) is 0. The minimum Gasteiger partial charge on any atom is -0.338 e. The van der Waals surface area contributed by atoms with Crippen molar-refractivity contribution < 1.29 is 4.79 Å². The van der Waals surface area contributed by atoms with E-state index in [2.05, 4.69) is 19.8 Å². The van der Waals surface area contributed by atoms with Crippen LogP contribution in [0.4, 0.5) is 5.95 Å². The summed E-state index contributed by atoms with van der Waals surface area (Å²) in [6, 6.07) is 2.45. The standard InChI is InChI=1S/C14H20N4O/c19-9-4-12-2-3-13-11-18(8-7-17(13)10-12)14-15-5-1-6-16-14/h1,5-6,9,12-13H,2-4,7-8,10-11H2. The van der Waals surface area contributed by atoms with Crippen LogP contribution in [-0.2, 0) is 4.79 Å². The lowest BCUT2D eigenvalue weighted by molar-refractivity contribution is -0.109. The summed E-state index contributed by atoms with van der Waals surface area (Å²) < 4.78 is 0. The number of nitrogens with zero attached hydrogens (tertiary/aromatic N) is 4. The molecule has 0 aliphatic carbocycles. The van der Waals surface area contributed by atoms with E-state index in [0.717, 1.165) is 38.4 Å². The second-order valence-corrected chi connectivity index (χ2v) is 5.49. The van der Waals surface area contributed by atoms with Crippen molar-refractivity contribution in [1.82, 2.24) is 14.9 Å². The van der Waals surface area contributed by atoms with Gasteiger partial charge in [-0.15, -0.1) is 0 Å². The monoisotopic (exact) mass is 260 g/mol. The quantitative estimate of drug-likeness (QED) is 0.758. The van der Waals surface area contributed by atoms with E-state index in [1.165, 1.54) is 12.8 Å². The van der Waals surface area contributed by atoms with Gasteiger partial charge in [0.05, 0.1) is 0 Å². The number of aldehydes is 1. The Balaban J connectivity index is 1.62. The van der Waals surface area contributed by atoms with E-state index in [1.54, 1.807) is 12.4 Å². The number of piperidine rings is 1. The van der Waals surface area contributed by atoms with Gasteiger partial charge < -0.3 is 9.69 Å². The molecule has 2 atom stereocenters. The van der Waals surface area contributed by atoms with E-state index in [9.17, 15) is 4.79 Å². The van der Waals surface area contributed by atoms with Gasteiger partial charge >= 0.3 is 0 Å². The Bertz CT molecular complexity index is 425. The number of carbonyl (C=O) groups excluding carboxylic acids is 1. The molecule has 102 valence electrons. The van der Waals surface area contributed by atoms with E-state index in [1.807, 2.05) is 6.07 Å². The van der Waals surface area contributed by atoms with E-state index < -0.39 is 0 Å². The first kappa shape index (κ1) is 12.5. The zero-order chi connectivity index (χ0) is 13.1. The summed E-state index contributed by atoms with van der Waals surface area (Å²) in [4.78, 5) is 24.1. The minimum atomic E-state index is 0.563. The summed E-state index contributed by atoms with van der Waals surface area (Å²) in [5, 5.41) is 0. The summed E-state index contributed by atoms with van der Waals surface area (Å²) >= 11 is 0. The fourth-order valence-electron chi connectivity index (χ4n) is 3.22. The van der Waals surface area contributed by atoms with Gasteiger partial charge in [-0.05, 0) is 24.8 Å². The largest absolute Gasteiger partial charge is 0.338 e. The smallest absolute Gasteiger partial charge is 0.225 e. The van der Waals surface area contributed by atoms with E-state index in [4.69, 9.17) is 0 Å². The van der Waals surface area contributed by atoms with Crippen molar-refractivity contribution in [3.05, 3.63) is 18.5 Å². The van der Waals surface area contributed by atoms with Crippen LogP contribution in [-0.4, -0.2) is 53.4 Å². The number of carbonyl (C=O) groups is 1. The molecule has 2 aliphatic rings. The molecule has 0 amide bonds. The number of aromatic nitrogens is 2. The lowest BCUT2D eigenvalue weighted by Crippen LogP contribution is -2.56. The molecule has 1 aromatic rings. The van der Waals surface area contributed by atoms with Crippen molar-refractivity contribution in [3.63, 3.8) is 0 Å². The Morgan fingerprint density at radius 3 is 2.84 bits per heavy atom. The summed E-state index contributed by atoms with van der Waals surface area (Å²) in [6.45, 7) is 4.12. The number of fused-ring (bicyclic) bond motifs is 1. The molecule has 3 rings (SSSR count). The van der Waals surface area contributed by atoms with Crippen LogP contribution in [0.3, 0.4) is 0 Å². The van der Waals surface area contributed by atoms with Crippen LogP contribution >= 0.6 is 0 Å². The van der Waals surface area contributed by atoms with Crippen LogP contribution in [0.2, 0.25) is 0 Å². The van der Waals surface area contributed by atoms with Gasteiger partial charge in [0, 0.05) is 51.0 Å². The SMILES string of the molecule is O=CCC1CCC2CN(c3ncccn3)CCN2C1. The summed E-state index contributed by atoms with van der Waals surface area (Å²) in [5.74, 6) is 1.41. The fraction of sp³-hybridized carbons (Fsp3) is 0.643. The zero-order valence-corrected chi connectivity index (χ0v) is 11.1. The molecule has 0 bridgehead atoms. The predicted octanol–water partition coefficient (Wildman–Crippen LogP) is 0.966. The molecule has 5 nitrogen and oxygen atoms in total. The molecule has 2 unspecified atom stereocenters. The highest BCUT2D eigenvalue weighted by molar-refractivity contribution is 5.49. The van der Waals surface area contributed by atoms with Crippen molar-refractivity contribution >= 4 is 12.2 Å². The van der Waals surface area contributed by atoms with Crippen LogP contribution in [0.5, 0.6) is 0 Å². The third kappa shape index (κ3) is 2.76. The van der Waals surface area contributed by atoms with Gasteiger partial charge in [-0.25, -0.2) is 9.97 Å². The maximum absolute atomic E-state index is 10.6. The molecule has 0 saturated carbocycles. The number of piperazine rings is 1. The molecule has 1 aromatic heterocycles. The highest BCUT2D eigenvalue weighted by Gasteiger charge is 2.33. The predicted molar refractivity (Wildman–Crippen MR) is 73.0 cm³/mol. The van der Waals surface area contributed by atoms with Crippen molar-refractivity contribution in [2.75, 3.05) is 31.1 Å². The average molecular weight is 260 g/mol. The molecular weight excluding hydrogens is 240 g/mol. The average Bonchev–Trinajstić information content (AvgIpc) is 2.48. The lowest BCUT2D eigenvalue weighted by atomic mass is 9.89. The Kier molecular flexibility index (Phi) is 3.73. The summed E-state index contributed by atoms with van der Waals surface area (Å²) in [5.41, 5.74) is 0. The second kappa shape index (κ2) is 5.65.